The predicted octanol–water partition coefficient (Wildman–Crippen LogP) is 0.675. The first-order valence-corrected chi connectivity index (χ1v) is 6.61. The van der Waals surface area contributed by atoms with E-state index in [0.29, 0.717) is 23.4 Å². The Hall–Kier alpha value is -2.84. The number of hydrogen-bond donors (Lipinski definition) is 1. The lowest BCUT2D eigenvalue weighted by Gasteiger charge is -2.06. The van der Waals surface area contributed by atoms with Gasteiger partial charge in [0.2, 0.25) is 5.95 Å². The van der Waals surface area contributed by atoms with Crippen molar-refractivity contribution in [1.29, 1.82) is 0 Å². The van der Waals surface area contributed by atoms with Crippen molar-refractivity contribution in [2.45, 2.75) is 13.3 Å². The van der Waals surface area contributed by atoms with Gasteiger partial charge in [-0.3, -0.25) is 4.68 Å². The zero-order valence-corrected chi connectivity index (χ0v) is 11.8. The molecule has 0 saturated heterocycles. The van der Waals surface area contributed by atoms with Crippen LogP contribution in [0.15, 0.2) is 24.9 Å². The average Bonchev–Trinajstić information content (AvgIpc) is 3.16. The molecular formula is C12H15N9. The first-order chi connectivity index (χ1) is 10.3. The summed E-state index contributed by atoms with van der Waals surface area (Å²) in [5.41, 5.74) is 0.681. The van der Waals surface area contributed by atoms with E-state index >= 15 is 0 Å². The Kier molecular flexibility index (Phi) is 3.54. The van der Waals surface area contributed by atoms with Crippen LogP contribution in [0, 0.1) is 0 Å². The number of aromatic nitrogens is 8. The van der Waals surface area contributed by atoms with Crippen molar-refractivity contribution in [1.82, 2.24) is 39.5 Å². The monoisotopic (exact) mass is 285 g/mol. The molecule has 108 valence electrons. The summed E-state index contributed by atoms with van der Waals surface area (Å²) < 4.78 is 3.19. The number of anilines is 1. The van der Waals surface area contributed by atoms with Gasteiger partial charge in [-0.25, -0.2) is 4.98 Å². The fraction of sp³-hybridized carbons (Fsp3) is 0.333. The molecule has 0 fully saturated rings. The molecule has 9 heteroatoms. The van der Waals surface area contributed by atoms with E-state index in [0.717, 1.165) is 13.0 Å². The first kappa shape index (κ1) is 13.2. The minimum Gasteiger partial charge on any atom is -0.354 e. The molecule has 0 aliphatic rings. The van der Waals surface area contributed by atoms with Crippen LogP contribution in [-0.4, -0.2) is 46.0 Å². The third-order valence-electron chi connectivity index (χ3n) is 2.72. The molecule has 0 aliphatic heterocycles. The molecule has 3 aromatic heterocycles. The van der Waals surface area contributed by atoms with Crippen molar-refractivity contribution in [3.05, 3.63) is 24.9 Å². The summed E-state index contributed by atoms with van der Waals surface area (Å²) in [4.78, 5) is 17.0. The van der Waals surface area contributed by atoms with Crippen LogP contribution in [0.4, 0.5) is 5.95 Å². The summed E-state index contributed by atoms with van der Waals surface area (Å²) >= 11 is 0. The SMILES string of the molecule is CCCNc1nc(-c2ccn(C)n2)nc(-n2cncn2)n1. The van der Waals surface area contributed by atoms with Crippen LogP contribution < -0.4 is 5.32 Å². The molecule has 1 N–H and O–H groups in total. The lowest BCUT2D eigenvalue weighted by Crippen LogP contribution is -2.11. The molecule has 0 saturated carbocycles. The predicted molar refractivity (Wildman–Crippen MR) is 75.7 cm³/mol. The fourth-order valence-corrected chi connectivity index (χ4v) is 1.74. The Morgan fingerprint density at radius 1 is 1.24 bits per heavy atom. The lowest BCUT2D eigenvalue weighted by molar-refractivity contribution is 0.763. The van der Waals surface area contributed by atoms with Gasteiger partial charge in [-0.05, 0) is 12.5 Å². The minimum absolute atomic E-state index is 0.404. The van der Waals surface area contributed by atoms with E-state index in [4.69, 9.17) is 0 Å². The van der Waals surface area contributed by atoms with E-state index in [1.54, 1.807) is 11.0 Å². The van der Waals surface area contributed by atoms with Crippen LogP contribution in [0.3, 0.4) is 0 Å². The summed E-state index contributed by atoms with van der Waals surface area (Å²) in [7, 11) is 1.85. The third-order valence-corrected chi connectivity index (χ3v) is 2.72. The highest BCUT2D eigenvalue weighted by atomic mass is 15.4. The van der Waals surface area contributed by atoms with Gasteiger partial charge >= 0.3 is 0 Å². The number of nitrogens with one attached hydrogen (secondary N) is 1. The molecule has 0 spiro atoms. The zero-order valence-electron chi connectivity index (χ0n) is 11.8. The van der Waals surface area contributed by atoms with Crippen molar-refractivity contribution < 1.29 is 0 Å². The Morgan fingerprint density at radius 2 is 2.14 bits per heavy atom. The molecular weight excluding hydrogens is 270 g/mol. The number of hydrogen-bond acceptors (Lipinski definition) is 7. The molecule has 21 heavy (non-hydrogen) atoms. The summed E-state index contributed by atoms with van der Waals surface area (Å²) in [5.74, 6) is 1.40. The first-order valence-electron chi connectivity index (χ1n) is 6.61. The number of aryl methyl sites for hydroxylation is 1. The Bertz CT molecular complexity index is 716. The van der Waals surface area contributed by atoms with Crippen molar-refractivity contribution >= 4 is 5.95 Å². The highest BCUT2D eigenvalue weighted by molar-refractivity contribution is 5.51. The highest BCUT2D eigenvalue weighted by Gasteiger charge is 2.12. The second kappa shape index (κ2) is 5.65. The van der Waals surface area contributed by atoms with Crippen molar-refractivity contribution in [3.8, 4) is 17.5 Å². The van der Waals surface area contributed by atoms with E-state index in [1.807, 2.05) is 19.3 Å². The van der Waals surface area contributed by atoms with Gasteiger partial charge in [0, 0.05) is 19.8 Å². The van der Waals surface area contributed by atoms with Crippen LogP contribution >= 0.6 is 0 Å². The smallest absolute Gasteiger partial charge is 0.257 e. The average molecular weight is 285 g/mol. The van der Waals surface area contributed by atoms with Crippen LogP contribution in [0.2, 0.25) is 0 Å². The van der Waals surface area contributed by atoms with E-state index in [9.17, 15) is 0 Å². The summed E-state index contributed by atoms with van der Waals surface area (Å²) in [6.45, 7) is 2.86. The van der Waals surface area contributed by atoms with Gasteiger partial charge in [0.25, 0.3) is 5.95 Å². The second-order valence-electron chi connectivity index (χ2n) is 4.42. The maximum atomic E-state index is 4.39. The molecule has 3 aromatic rings. The normalized spacial score (nSPS) is 10.8. The molecule has 3 heterocycles. The molecule has 0 aliphatic carbocycles. The molecule has 9 nitrogen and oxygen atoms in total. The Morgan fingerprint density at radius 3 is 2.81 bits per heavy atom. The highest BCUT2D eigenvalue weighted by Crippen LogP contribution is 2.15. The van der Waals surface area contributed by atoms with Crippen molar-refractivity contribution in [3.63, 3.8) is 0 Å². The maximum Gasteiger partial charge on any atom is 0.257 e. The maximum absolute atomic E-state index is 4.39. The molecule has 3 rings (SSSR count). The van der Waals surface area contributed by atoms with Gasteiger partial charge < -0.3 is 5.32 Å². The molecule has 0 atom stereocenters. The molecule has 0 amide bonds. The van der Waals surface area contributed by atoms with E-state index < -0.39 is 0 Å². The van der Waals surface area contributed by atoms with Crippen LogP contribution in [-0.2, 0) is 7.05 Å². The number of rotatable bonds is 5. The fourth-order valence-electron chi connectivity index (χ4n) is 1.74. The van der Waals surface area contributed by atoms with E-state index in [2.05, 4.69) is 42.4 Å². The van der Waals surface area contributed by atoms with Gasteiger partial charge in [0.15, 0.2) is 5.82 Å². The van der Waals surface area contributed by atoms with Gasteiger partial charge in [0.1, 0.15) is 18.3 Å². The zero-order chi connectivity index (χ0) is 14.7. The van der Waals surface area contributed by atoms with Crippen LogP contribution in [0.25, 0.3) is 17.5 Å². The Labute approximate surface area is 121 Å². The summed E-state index contributed by atoms with van der Waals surface area (Å²) in [6, 6.07) is 1.85. The van der Waals surface area contributed by atoms with Gasteiger partial charge in [-0.1, -0.05) is 6.92 Å². The van der Waals surface area contributed by atoms with Gasteiger partial charge in [-0.2, -0.15) is 29.8 Å². The van der Waals surface area contributed by atoms with Crippen LogP contribution in [0.5, 0.6) is 0 Å². The number of nitrogens with zero attached hydrogens (tertiary/aromatic N) is 8. The standard InChI is InChI=1S/C12H15N9/c1-3-5-14-11-16-10(9-4-6-20(2)19-9)17-12(18-11)21-8-13-7-15-21/h4,6-8H,3,5H2,1-2H3,(H,14,16,17,18). The molecule has 0 aromatic carbocycles. The molecule has 0 bridgehead atoms. The van der Waals surface area contributed by atoms with E-state index in [1.165, 1.54) is 11.0 Å². The minimum atomic E-state index is 0.404. The summed E-state index contributed by atoms with van der Waals surface area (Å²) in [5, 5.41) is 11.5. The van der Waals surface area contributed by atoms with E-state index in [-0.39, 0.29) is 0 Å². The topological polar surface area (TPSA) is 99.2 Å². The quantitative estimate of drug-likeness (QED) is 0.735. The van der Waals surface area contributed by atoms with Gasteiger partial charge in [0.05, 0.1) is 0 Å². The lowest BCUT2D eigenvalue weighted by atomic mass is 10.4. The summed E-state index contributed by atoms with van der Waals surface area (Å²) in [6.07, 6.45) is 5.79. The largest absolute Gasteiger partial charge is 0.354 e. The van der Waals surface area contributed by atoms with Gasteiger partial charge in [-0.15, -0.1) is 0 Å². The van der Waals surface area contributed by atoms with Crippen molar-refractivity contribution in [2.75, 3.05) is 11.9 Å². The molecule has 0 radical (unpaired) electrons. The van der Waals surface area contributed by atoms with Crippen molar-refractivity contribution in [2.24, 2.45) is 7.05 Å². The van der Waals surface area contributed by atoms with Crippen LogP contribution in [0.1, 0.15) is 13.3 Å². The third kappa shape index (κ3) is 2.86. The Balaban J connectivity index is 2.04. The second-order valence-corrected chi connectivity index (χ2v) is 4.42. The molecule has 0 unspecified atom stereocenters.